The molecule has 1 aliphatic rings. The van der Waals surface area contributed by atoms with Crippen LogP contribution in [0.25, 0.3) is 0 Å². The van der Waals surface area contributed by atoms with Gasteiger partial charge in [0.15, 0.2) is 0 Å². The lowest BCUT2D eigenvalue weighted by Gasteiger charge is -2.22. The second kappa shape index (κ2) is 7.05. The molecule has 0 unspecified atom stereocenters. The third-order valence-corrected chi connectivity index (χ3v) is 4.55. The molecule has 1 heterocycles. The van der Waals surface area contributed by atoms with Crippen LogP contribution in [0.15, 0.2) is 48.5 Å². The van der Waals surface area contributed by atoms with E-state index in [1.807, 2.05) is 30.0 Å². The lowest BCUT2D eigenvalue weighted by molar-refractivity contribution is -0.118. The zero-order valence-corrected chi connectivity index (χ0v) is 14.2. The van der Waals surface area contributed by atoms with Gasteiger partial charge in [0.2, 0.25) is 5.91 Å². The van der Waals surface area contributed by atoms with Gasteiger partial charge in [-0.2, -0.15) is 0 Å². The number of carbonyl (C=O) groups is 2. The summed E-state index contributed by atoms with van der Waals surface area (Å²) >= 11 is 6.00. The molecule has 124 valence electrons. The van der Waals surface area contributed by atoms with E-state index < -0.39 is 0 Å². The number of hydrogen-bond donors (Lipinski definition) is 1. The first-order valence-electron chi connectivity index (χ1n) is 8.00. The highest BCUT2D eigenvalue weighted by Gasteiger charge is 2.30. The fraction of sp³-hybridized carbons (Fsp3) is 0.263. The number of rotatable bonds is 4. The molecule has 4 nitrogen and oxygen atoms in total. The molecular formula is C19H19ClN2O2. The van der Waals surface area contributed by atoms with Crippen LogP contribution < -0.4 is 10.2 Å². The summed E-state index contributed by atoms with van der Waals surface area (Å²) in [4.78, 5) is 26.5. The number of nitrogens with zero attached hydrogens (tertiary/aromatic N) is 1. The molecule has 0 aliphatic carbocycles. The Morgan fingerprint density at radius 2 is 1.88 bits per heavy atom. The van der Waals surface area contributed by atoms with Crippen LogP contribution >= 0.6 is 11.6 Å². The van der Waals surface area contributed by atoms with Gasteiger partial charge in [0.1, 0.15) is 0 Å². The second-order valence-corrected chi connectivity index (χ2v) is 6.34. The van der Waals surface area contributed by atoms with Crippen molar-refractivity contribution in [2.75, 3.05) is 11.4 Å². The van der Waals surface area contributed by atoms with Crippen molar-refractivity contribution in [3.8, 4) is 0 Å². The molecule has 2 aromatic carbocycles. The van der Waals surface area contributed by atoms with E-state index in [2.05, 4.69) is 11.4 Å². The molecular weight excluding hydrogens is 324 g/mol. The fourth-order valence-electron chi connectivity index (χ4n) is 3.09. The maximum Gasteiger partial charge on any atom is 0.252 e. The predicted molar refractivity (Wildman–Crippen MR) is 95.5 cm³/mol. The van der Waals surface area contributed by atoms with Crippen molar-refractivity contribution in [2.45, 2.75) is 25.8 Å². The highest BCUT2D eigenvalue weighted by atomic mass is 35.5. The Morgan fingerprint density at radius 3 is 2.67 bits per heavy atom. The molecule has 2 aromatic rings. The molecule has 1 atom stereocenters. The summed E-state index contributed by atoms with van der Waals surface area (Å²) in [6.07, 6.45) is 1.13. The number of halogens is 1. The number of benzene rings is 2. The summed E-state index contributed by atoms with van der Waals surface area (Å²) in [5.41, 5.74) is 2.59. The van der Waals surface area contributed by atoms with Gasteiger partial charge in [-0.05, 0) is 37.1 Å². The van der Waals surface area contributed by atoms with Gasteiger partial charge in [0.05, 0.1) is 10.6 Å². The molecule has 0 saturated heterocycles. The smallest absolute Gasteiger partial charge is 0.252 e. The van der Waals surface area contributed by atoms with E-state index in [0.717, 1.165) is 12.1 Å². The minimum Gasteiger partial charge on any atom is -0.351 e. The topological polar surface area (TPSA) is 49.4 Å². The van der Waals surface area contributed by atoms with Crippen molar-refractivity contribution in [1.29, 1.82) is 0 Å². The minimum absolute atomic E-state index is 0.0203. The number of amides is 2. The average molecular weight is 343 g/mol. The highest BCUT2D eigenvalue weighted by molar-refractivity contribution is 6.33. The first-order valence-corrected chi connectivity index (χ1v) is 8.38. The first kappa shape index (κ1) is 16.5. The van der Waals surface area contributed by atoms with Crippen LogP contribution in [0.1, 0.15) is 29.3 Å². The van der Waals surface area contributed by atoms with Crippen molar-refractivity contribution in [2.24, 2.45) is 0 Å². The Kier molecular flexibility index (Phi) is 4.86. The SMILES string of the molecule is C[C@@H]1Cc2ccccc2N1C(=O)CCNC(=O)c1ccccc1Cl. The summed E-state index contributed by atoms with van der Waals surface area (Å²) in [5, 5.41) is 3.17. The lowest BCUT2D eigenvalue weighted by atomic mass is 10.1. The van der Waals surface area contributed by atoms with E-state index in [0.29, 0.717) is 10.6 Å². The van der Waals surface area contributed by atoms with Gasteiger partial charge >= 0.3 is 0 Å². The molecule has 3 rings (SSSR count). The van der Waals surface area contributed by atoms with Crippen LogP contribution in [0.4, 0.5) is 5.69 Å². The van der Waals surface area contributed by atoms with Crippen molar-refractivity contribution < 1.29 is 9.59 Å². The van der Waals surface area contributed by atoms with Crippen LogP contribution in [-0.2, 0) is 11.2 Å². The van der Waals surface area contributed by atoms with Crippen molar-refractivity contribution >= 4 is 29.1 Å². The molecule has 1 aliphatic heterocycles. The van der Waals surface area contributed by atoms with Crippen molar-refractivity contribution in [3.05, 3.63) is 64.7 Å². The Hall–Kier alpha value is -2.33. The van der Waals surface area contributed by atoms with Crippen LogP contribution in [0.5, 0.6) is 0 Å². The fourth-order valence-corrected chi connectivity index (χ4v) is 3.31. The van der Waals surface area contributed by atoms with Gasteiger partial charge in [-0.3, -0.25) is 9.59 Å². The Bertz CT molecular complexity index is 775. The van der Waals surface area contributed by atoms with E-state index in [1.165, 1.54) is 5.56 Å². The molecule has 0 bridgehead atoms. The predicted octanol–water partition coefficient (Wildman–Crippen LogP) is 3.44. The van der Waals surface area contributed by atoms with Crippen LogP contribution in [-0.4, -0.2) is 24.4 Å². The van der Waals surface area contributed by atoms with Gasteiger partial charge in [0.25, 0.3) is 5.91 Å². The summed E-state index contributed by atoms with van der Waals surface area (Å²) in [7, 11) is 0. The first-order chi connectivity index (χ1) is 11.6. The van der Waals surface area contributed by atoms with Crippen molar-refractivity contribution in [3.63, 3.8) is 0 Å². The summed E-state index contributed by atoms with van der Waals surface area (Å²) in [5.74, 6) is -0.241. The van der Waals surface area contributed by atoms with E-state index >= 15 is 0 Å². The van der Waals surface area contributed by atoms with Gasteiger partial charge in [-0.25, -0.2) is 0 Å². The molecule has 0 aromatic heterocycles. The van der Waals surface area contributed by atoms with Crippen LogP contribution in [0, 0.1) is 0 Å². The van der Waals surface area contributed by atoms with Gasteiger partial charge < -0.3 is 10.2 Å². The van der Waals surface area contributed by atoms with E-state index in [-0.39, 0.29) is 30.8 Å². The van der Waals surface area contributed by atoms with Gasteiger partial charge in [0, 0.05) is 24.7 Å². The lowest BCUT2D eigenvalue weighted by Crippen LogP contribution is -2.38. The molecule has 0 radical (unpaired) electrons. The Balaban J connectivity index is 1.59. The third kappa shape index (κ3) is 3.29. The highest BCUT2D eigenvalue weighted by Crippen LogP contribution is 2.32. The number of hydrogen-bond acceptors (Lipinski definition) is 2. The number of carbonyl (C=O) groups excluding carboxylic acids is 2. The number of para-hydroxylation sites is 1. The maximum atomic E-state index is 12.6. The maximum absolute atomic E-state index is 12.6. The van der Waals surface area contributed by atoms with Crippen LogP contribution in [0.3, 0.4) is 0 Å². The minimum atomic E-state index is -0.261. The summed E-state index contributed by atoms with van der Waals surface area (Å²) in [6.45, 7) is 2.33. The quantitative estimate of drug-likeness (QED) is 0.925. The van der Waals surface area contributed by atoms with Crippen molar-refractivity contribution in [1.82, 2.24) is 5.32 Å². The summed E-state index contributed by atoms with van der Waals surface area (Å²) in [6, 6.07) is 15.0. The number of anilines is 1. The van der Waals surface area contributed by atoms with Crippen LogP contribution in [0.2, 0.25) is 5.02 Å². The van der Waals surface area contributed by atoms with E-state index in [4.69, 9.17) is 11.6 Å². The molecule has 5 heteroatoms. The number of fused-ring (bicyclic) bond motifs is 1. The van der Waals surface area contributed by atoms with Gasteiger partial charge in [-0.1, -0.05) is 41.9 Å². The normalized spacial score (nSPS) is 15.9. The zero-order valence-electron chi connectivity index (χ0n) is 13.5. The molecule has 24 heavy (non-hydrogen) atoms. The monoisotopic (exact) mass is 342 g/mol. The Labute approximate surface area is 146 Å². The molecule has 0 fully saturated rings. The van der Waals surface area contributed by atoms with E-state index in [1.54, 1.807) is 24.3 Å². The Morgan fingerprint density at radius 1 is 1.17 bits per heavy atom. The zero-order chi connectivity index (χ0) is 17.1. The largest absolute Gasteiger partial charge is 0.351 e. The third-order valence-electron chi connectivity index (χ3n) is 4.22. The average Bonchev–Trinajstić information content (AvgIpc) is 2.90. The molecule has 0 saturated carbocycles. The number of nitrogens with one attached hydrogen (secondary N) is 1. The molecule has 0 spiro atoms. The standard InChI is InChI=1S/C19H19ClN2O2/c1-13-12-14-6-2-5-9-17(14)22(13)18(23)10-11-21-19(24)15-7-3-4-8-16(15)20/h2-9,13H,10-12H2,1H3,(H,21,24)/t13-/m1/s1. The summed E-state index contributed by atoms with van der Waals surface area (Å²) < 4.78 is 0. The second-order valence-electron chi connectivity index (χ2n) is 5.93. The van der Waals surface area contributed by atoms with Gasteiger partial charge in [-0.15, -0.1) is 0 Å². The molecule has 1 N–H and O–H groups in total. The molecule has 2 amide bonds. The van der Waals surface area contributed by atoms with E-state index in [9.17, 15) is 9.59 Å².